The third-order valence-electron chi connectivity index (χ3n) is 7.07. The Labute approximate surface area is 252 Å². The van der Waals surface area contributed by atoms with Crippen LogP contribution >= 0.6 is 38.9 Å². The number of benzene rings is 3. The van der Waals surface area contributed by atoms with Gasteiger partial charge in [0.1, 0.15) is 4.53 Å². The summed E-state index contributed by atoms with van der Waals surface area (Å²) >= 11 is 10.8. The second-order valence-corrected chi connectivity index (χ2v) is 11.9. The summed E-state index contributed by atoms with van der Waals surface area (Å²) in [6.45, 7) is 3.99. The Balaban J connectivity index is 1.60. The van der Waals surface area contributed by atoms with Crippen molar-refractivity contribution in [1.29, 1.82) is 0 Å². The van der Waals surface area contributed by atoms with Crippen molar-refractivity contribution in [2.75, 3.05) is 11.5 Å². The zero-order valence-corrected chi connectivity index (χ0v) is 25.2. The highest BCUT2D eigenvalue weighted by Crippen LogP contribution is 2.38. The van der Waals surface area contributed by atoms with E-state index in [0.29, 0.717) is 38.8 Å². The number of hydrogen-bond donors (Lipinski definition) is 0. The minimum Gasteiger partial charge on any atom is -0.463 e. The fourth-order valence-electron chi connectivity index (χ4n) is 5.25. The lowest BCUT2D eigenvalue weighted by Crippen LogP contribution is -2.41. The summed E-state index contributed by atoms with van der Waals surface area (Å²) in [5.74, 6) is -0.816. The first-order valence-corrected chi connectivity index (χ1v) is 14.9. The number of fused-ring (bicyclic) bond motifs is 2. The number of anilines is 1. The van der Waals surface area contributed by atoms with E-state index in [0.717, 1.165) is 27.1 Å². The number of thiazole rings is 1. The topological polar surface area (TPSA) is 81.0 Å². The van der Waals surface area contributed by atoms with Gasteiger partial charge in [-0.2, -0.15) is 0 Å². The van der Waals surface area contributed by atoms with Crippen LogP contribution in [0.4, 0.5) is 5.69 Å². The highest BCUT2D eigenvalue weighted by Gasteiger charge is 2.37. The molecule has 1 amide bonds. The van der Waals surface area contributed by atoms with E-state index in [9.17, 15) is 14.4 Å². The SMILES string of the molecule is CCOC(=O)C1=C(C)N=c2s/c(=C3\C(=O)N(Cc4ccccc4)c4ccc(Br)cc43)c(=O)n2[C@H]1c1ccc(Cl)cc1. The van der Waals surface area contributed by atoms with E-state index in [1.54, 1.807) is 43.0 Å². The Morgan fingerprint density at radius 2 is 1.80 bits per heavy atom. The molecule has 0 aliphatic carbocycles. The molecule has 0 saturated carbocycles. The van der Waals surface area contributed by atoms with Gasteiger partial charge in [0.15, 0.2) is 4.80 Å². The predicted octanol–water partition coefficient (Wildman–Crippen LogP) is 5.13. The van der Waals surface area contributed by atoms with Crippen LogP contribution in [0.1, 0.15) is 36.6 Å². The average Bonchev–Trinajstić information content (AvgIpc) is 3.41. The van der Waals surface area contributed by atoms with E-state index in [4.69, 9.17) is 16.3 Å². The third-order valence-corrected chi connectivity index (χ3v) is 8.87. The van der Waals surface area contributed by atoms with E-state index >= 15 is 0 Å². The molecule has 0 N–H and O–H groups in total. The van der Waals surface area contributed by atoms with Crippen LogP contribution in [0, 0.1) is 0 Å². The van der Waals surface area contributed by atoms with Crippen molar-refractivity contribution in [2.45, 2.75) is 26.4 Å². The number of carbonyl (C=O) groups is 2. The van der Waals surface area contributed by atoms with Crippen LogP contribution in [0.3, 0.4) is 0 Å². The van der Waals surface area contributed by atoms with Gasteiger partial charge in [-0.1, -0.05) is 81.3 Å². The van der Waals surface area contributed by atoms with Crippen LogP contribution in [0.15, 0.2) is 98.3 Å². The molecule has 3 aromatic carbocycles. The Morgan fingerprint density at radius 1 is 1.07 bits per heavy atom. The molecule has 6 rings (SSSR count). The Bertz CT molecular complexity index is 1930. The van der Waals surface area contributed by atoms with E-state index in [1.165, 1.54) is 4.57 Å². The maximum absolute atomic E-state index is 14.3. The summed E-state index contributed by atoms with van der Waals surface area (Å²) in [5, 5.41) is 0.527. The molecular formula is C31H23BrClN3O4S. The van der Waals surface area contributed by atoms with E-state index in [2.05, 4.69) is 20.9 Å². The largest absolute Gasteiger partial charge is 0.463 e. The predicted molar refractivity (Wildman–Crippen MR) is 163 cm³/mol. The van der Waals surface area contributed by atoms with Crippen molar-refractivity contribution in [2.24, 2.45) is 4.99 Å². The molecule has 0 unspecified atom stereocenters. The number of aromatic nitrogens is 1. The Morgan fingerprint density at radius 3 is 2.51 bits per heavy atom. The number of nitrogens with zero attached hydrogens (tertiary/aromatic N) is 3. The fraction of sp³-hybridized carbons (Fsp3) is 0.161. The first-order valence-electron chi connectivity index (χ1n) is 12.9. The molecule has 0 spiro atoms. The number of carbonyl (C=O) groups excluding carboxylic acids is 2. The molecule has 0 radical (unpaired) electrons. The molecule has 10 heteroatoms. The van der Waals surface area contributed by atoms with Gasteiger partial charge in [0.2, 0.25) is 0 Å². The van der Waals surface area contributed by atoms with Crippen molar-refractivity contribution >= 4 is 62.0 Å². The molecule has 3 heterocycles. The van der Waals surface area contributed by atoms with Gasteiger partial charge >= 0.3 is 5.97 Å². The molecular weight excluding hydrogens is 626 g/mol. The van der Waals surface area contributed by atoms with Gasteiger partial charge in [0.25, 0.3) is 11.5 Å². The molecule has 0 fully saturated rings. The number of rotatable bonds is 5. The minimum atomic E-state index is -0.796. The highest BCUT2D eigenvalue weighted by atomic mass is 79.9. The first-order chi connectivity index (χ1) is 19.8. The Kier molecular flexibility index (Phi) is 7.27. The summed E-state index contributed by atoms with van der Waals surface area (Å²) in [4.78, 5) is 48.3. The van der Waals surface area contributed by atoms with Crippen molar-refractivity contribution in [1.82, 2.24) is 4.57 Å². The summed E-state index contributed by atoms with van der Waals surface area (Å²) in [5.41, 5.74) is 3.66. The van der Waals surface area contributed by atoms with Crippen molar-refractivity contribution in [3.63, 3.8) is 0 Å². The number of halogens is 2. The van der Waals surface area contributed by atoms with E-state index in [-0.39, 0.29) is 22.6 Å². The van der Waals surface area contributed by atoms with Crippen LogP contribution in [-0.2, 0) is 20.9 Å². The third kappa shape index (κ3) is 4.77. The van der Waals surface area contributed by atoms with Crippen LogP contribution in [0.2, 0.25) is 5.02 Å². The standard InChI is InChI=1S/C31H23BrClN3O4S/c1-3-40-30(39)24-17(2)34-31-36(26(24)19-9-12-21(33)13-10-19)29(38)27(41-31)25-22-15-20(32)11-14-23(22)35(28(25)37)16-18-7-5-4-6-8-18/h4-15,26H,3,16H2,1-2H3/b27-25-/t26-/m0/s1. The van der Waals surface area contributed by atoms with Crippen LogP contribution < -0.4 is 19.8 Å². The van der Waals surface area contributed by atoms with Gasteiger partial charge in [-0.05, 0) is 55.3 Å². The summed E-state index contributed by atoms with van der Waals surface area (Å²) < 4.78 is 7.91. The second-order valence-electron chi connectivity index (χ2n) is 9.59. The average molecular weight is 649 g/mol. The van der Waals surface area contributed by atoms with Crippen molar-refractivity contribution in [3.8, 4) is 0 Å². The minimum absolute atomic E-state index is 0.176. The number of hydrogen-bond acceptors (Lipinski definition) is 6. The zero-order chi connectivity index (χ0) is 28.8. The van der Waals surface area contributed by atoms with Gasteiger partial charge in [-0.25, -0.2) is 9.79 Å². The summed E-state index contributed by atoms with van der Waals surface area (Å²) in [6, 6.07) is 21.5. The first kappa shape index (κ1) is 27.4. The van der Waals surface area contributed by atoms with Crippen molar-refractivity contribution in [3.05, 3.63) is 130 Å². The van der Waals surface area contributed by atoms with Gasteiger partial charge in [0, 0.05) is 15.1 Å². The monoisotopic (exact) mass is 647 g/mol. The van der Waals surface area contributed by atoms with Gasteiger partial charge < -0.3 is 9.64 Å². The molecule has 2 aliphatic rings. The quantitative estimate of drug-likeness (QED) is 0.281. The number of esters is 1. The fourth-order valence-corrected chi connectivity index (χ4v) is 6.87. The lowest BCUT2D eigenvalue weighted by Gasteiger charge is -2.24. The van der Waals surface area contributed by atoms with Gasteiger partial charge in [-0.15, -0.1) is 0 Å². The number of allylic oxidation sites excluding steroid dienone is 1. The molecule has 7 nitrogen and oxygen atoms in total. The normalized spacial score (nSPS) is 17.3. The molecule has 0 saturated heterocycles. The lowest BCUT2D eigenvalue weighted by atomic mass is 9.96. The number of amides is 1. The molecule has 2 aliphatic heterocycles. The zero-order valence-electron chi connectivity index (χ0n) is 22.1. The smallest absolute Gasteiger partial charge is 0.338 e. The van der Waals surface area contributed by atoms with Crippen LogP contribution in [-0.4, -0.2) is 23.1 Å². The molecule has 41 heavy (non-hydrogen) atoms. The maximum atomic E-state index is 14.3. The van der Waals surface area contributed by atoms with E-state index < -0.39 is 17.6 Å². The van der Waals surface area contributed by atoms with Gasteiger partial charge in [-0.3, -0.25) is 14.2 Å². The van der Waals surface area contributed by atoms with E-state index in [1.807, 2.05) is 48.5 Å². The van der Waals surface area contributed by atoms with Crippen LogP contribution in [0.5, 0.6) is 0 Å². The molecule has 206 valence electrons. The highest BCUT2D eigenvalue weighted by molar-refractivity contribution is 9.10. The summed E-state index contributed by atoms with van der Waals surface area (Å²) in [7, 11) is 0. The number of ether oxygens (including phenoxy) is 1. The maximum Gasteiger partial charge on any atom is 0.338 e. The van der Waals surface area contributed by atoms with Crippen molar-refractivity contribution < 1.29 is 14.3 Å². The molecule has 4 aromatic rings. The summed E-state index contributed by atoms with van der Waals surface area (Å²) in [6.07, 6.45) is 0. The molecule has 1 aromatic heterocycles. The lowest BCUT2D eigenvalue weighted by molar-refractivity contribution is -0.139. The molecule has 1 atom stereocenters. The Hall–Kier alpha value is -3.79. The molecule has 0 bridgehead atoms. The van der Waals surface area contributed by atoms with Gasteiger partial charge in [0.05, 0.1) is 41.7 Å². The van der Waals surface area contributed by atoms with Crippen LogP contribution in [0.25, 0.3) is 5.57 Å². The second kappa shape index (κ2) is 10.9.